The average Bonchev–Trinajstić information content (AvgIpc) is 3.01. The molecule has 0 aliphatic carbocycles. The van der Waals surface area contributed by atoms with Crippen molar-refractivity contribution in [2.75, 3.05) is 50.9 Å². The van der Waals surface area contributed by atoms with Gasteiger partial charge in [-0.25, -0.2) is 4.98 Å². The lowest BCUT2D eigenvalue weighted by Gasteiger charge is -2.43. The van der Waals surface area contributed by atoms with Gasteiger partial charge in [-0.3, -0.25) is 14.8 Å². The molecule has 0 N–H and O–H groups in total. The summed E-state index contributed by atoms with van der Waals surface area (Å²) in [6.45, 7) is 3.77. The molecule has 1 aromatic carbocycles. The van der Waals surface area contributed by atoms with Gasteiger partial charge in [0, 0.05) is 42.6 Å². The lowest BCUT2D eigenvalue weighted by molar-refractivity contribution is -0.124. The van der Waals surface area contributed by atoms with E-state index in [0.717, 1.165) is 16.7 Å². The molecule has 5 rings (SSSR count). The molecular formula is C22H23N5O3. The summed E-state index contributed by atoms with van der Waals surface area (Å²) in [7, 11) is 0. The number of pyridine rings is 1. The number of carbonyl (C=O) groups is 1. The van der Waals surface area contributed by atoms with Gasteiger partial charge in [-0.1, -0.05) is 12.1 Å². The summed E-state index contributed by atoms with van der Waals surface area (Å²) >= 11 is 0. The minimum Gasteiger partial charge on any atom is -0.376 e. The Kier molecular flexibility index (Phi) is 5.02. The molecule has 2 fully saturated rings. The Balaban J connectivity index is 1.41. The first-order valence-corrected chi connectivity index (χ1v) is 10.1. The first-order chi connectivity index (χ1) is 14.7. The summed E-state index contributed by atoms with van der Waals surface area (Å²) in [5, 5.41) is 0.865. The van der Waals surface area contributed by atoms with Gasteiger partial charge >= 0.3 is 0 Å². The standard InChI is InChI=1S/C22H23N5O3/c28-21(18-3-1-5-19-17(18)4-2-6-24-19)27-10-12-30-22(15-27)14-26(9-11-29-16-22)20-13-23-7-8-25-20/h1-8,13H,9-12,14-16H2. The van der Waals surface area contributed by atoms with Crippen molar-refractivity contribution < 1.29 is 14.3 Å². The summed E-state index contributed by atoms with van der Waals surface area (Å²) in [4.78, 5) is 30.4. The molecule has 2 aliphatic heterocycles. The molecule has 3 aromatic rings. The molecule has 8 heteroatoms. The maximum Gasteiger partial charge on any atom is 0.254 e. The molecule has 0 bridgehead atoms. The summed E-state index contributed by atoms with van der Waals surface area (Å²) < 4.78 is 12.1. The molecule has 1 amide bonds. The number of fused-ring (bicyclic) bond motifs is 1. The van der Waals surface area contributed by atoms with Crippen LogP contribution < -0.4 is 4.90 Å². The van der Waals surface area contributed by atoms with Crippen LogP contribution in [0.2, 0.25) is 0 Å². The predicted octanol–water partition coefficient (Wildman–Crippen LogP) is 1.77. The Morgan fingerprint density at radius 3 is 2.87 bits per heavy atom. The fourth-order valence-electron chi connectivity index (χ4n) is 4.22. The maximum atomic E-state index is 13.4. The lowest BCUT2D eigenvalue weighted by atomic mass is 10.00. The number of morpholine rings is 1. The van der Waals surface area contributed by atoms with E-state index in [2.05, 4.69) is 19.9 Å². The molecule has 30 heavy (non-hydrogen) atoms. The van der Waals surface area contributed by atoms with Crippen molar-refractivity contribution in [2.24, 2.45) is 0 Å². The van der Waals surface area contributed by atoms with E-state index in [1.807, 2.05) is 35.2 Å². The van der Waals surface area contributed by atoms with Gasteiger partial charge in [0.25, 0.3) is 5.91 Å². The highest BCUT2D eigenvalue weighted by Gasteiger charge is 2.42. The van der Waals surface area contributed by atoms with Crippen molar-refractivity contribution in [1.29, 1.82) is 0 Å². The molecule has 0 saturated carbocycles. The first kappa shape index (κ1) is 18.9. The molecule has 2 saturated heterocycles. The van der Waals surface area contributed by atoms with Crippen LogP contribution in [0.1, 0.15) is 10.4 Å². The van der Waals surface area contributed by atoms with E-state index in [-0.39, 0.29) is 5.91 Å². The molecule has 1 atom stereocenters. The smallest absolute Gasteiger partial charge is 0.254 e. The Morgan fingerprint density at radius 1 is 1.00 bits per heavy atom. The number of rotatable bonds is 2. The van der Waals surface area contributed by atoms with E-state index in [1.165, 1.54) is 0 Å². The van der Waals surface area contributed by atoms with E-state index in [1.54, 1.807) is 24.8 Å². The van der Waals surface area contributed by atoms with Crippen molar-refractivity contribution in [3.8, 4) is 0 Å². The summed E-state index contributed by atoms with van der Waals surface area (Å²) in [6.07, 6.45) is 6.82. The van der Waals surface area contributed by atoms with Crippen LogP contribution in [0.15, 0.2) is 55.1 Å². The Bertz CT molecular complexity index is 1040. The number of amides is 1. The van der Waals surface area contributed by atoms with E-state index < -0.39 is 5.60 Å². The number of hydrogen-bond donors (Lipinski definition) is 0. The monoisotopic (exact) mass is 405 g/mol. The molecule has 154 valence electrons. The Morgan fingerprint density at radius 2 is 1.97 bits per heavy atom. The van der Waals surface area contributed by atoms with Crippen LogP contribution in [0.25, 0.3) is 10.9 Å². The zero-order valence-electron chi connectivity index (χ0n) is 16.6. The van der Waals surface area contributed by atoms with Gasteiger partial charge in [0.1, 0.15) is 11.4 Å². The second-order valence-corrected chi connectivity index (χ2v) is 7.67. The minimum atomic E-state index is -0.606. The fraction of sp³-hybridized carbons (Fsp3) is 0.364. The van der Waals surface area contributed by atoms with Gasteiger partial charge < -0.3 is 19.3 Å². The van der Waals surface area contributed by atoms with Crippen LogP contribution in [0.5, 0.6) is 0 Å². The SMILES string of the molecule is O=C(c1cccc2ncccc12)N1CCOC2(COCCN(c3cnccn3)C2)C1. The number of benzene rings is 1. The zero-order valence-corrected chi connectivity index (χ0v) is 16.6. The third-order valence-electron chi connectivity index (χ3n) is 5.63. The fourth-order valence-corrected chi connectivity index (χ4v) is 4.22. The molecule has 8 nitrogen and oxygen atoms in total. The zero-order chi connectivity index (χ0) is 20.4. The number of hydrogen-bond acceptors (Lipinski definition) is 7. The van der Waals surface area contributed by atoms with E-state index >= 15 is 0 Å². The van der Waals surface area contributed by atoms with Crippen LogP contribution in [-0.4, -0.2) is 77.4 Å². The van der Waals surface area contributed by atoms with Gasteiger partial charge in [0.15, 0.2) is 0 Å². The number of ether oxygens (including phenoxy) is 2. The topological polar surface area (TPSA) is 80.7 Å². The summed E-state index contributed by atoms with van der Waals surface area (Å²) in [6, 6.07) is 9.46. The highest BCUT2D eigenvalue weighted by molar-refractivity contribution is 6.06. The third kappa shape index (κ3) is 3.59. The van der Waals surface area contributed by atoms with Crippen LogP contribution in [0, 0.1) is 0 Å². The number of anilines is 1. The third-order valence-corrected chi connectivity index (χ3v) is 5.63. The van der Waals surface area contributed by atoms with Crippen molar-refractivity contribution in [3.05, 3.63) is 60.7 Å². The molecule has 1 unspecified atom stereocenters. The first-order valence-electron chi connectivity index (χ1n) is 10.1. The van der Waals surface area contributed by atoms with Crippen LogP contribution in [0.3, 0.4) is 0 Å². The second-order valence-electron chi connectivity index (χ2n) is 7.67. The highest BCUT2D eigenvalue weighted by atomic mass is 16.5. The van der Waals surface area contributed by atoms with Gasteiger partial charge in [-0.05, 0) is 18.2 Å². The van der Waals surface area contributed by atoms with Gasteiger partial charge in [0.05, 0.1) is 44.6 Å². The van der Waals surface area contributed by atoms with Crippen LogP contribution in [0.4, 0.5) is 5.82 Å². The molecule has 2 aliphatic rings. The van der Waals surface area contributed by atoms with Gasteiger partial charge in [0.2, 0.25) is 0 Å². The quantitative estimate of drug-likeness (QED) is 0.643. The molecule has 0 radical (unpaired) electrons. The Labute approximate surface area is 174 Å². The minimum absolute atomic E-state index is 0.00780. The predicted molar refractivity (Wildman–Crippen MR) is 111 cm³/mol. The van der Waals surface area contributed by atoms with E-state index in [9.17, 15) is 4.79 Å². The number of nitrogens with zero attached hydrogens (tertiary/aromatic N) is 5. The largest absolute Gasteiger partial charge is 0.376 e. The number of carbonyl (C=O) groups excluding carboxylic acids is 1. The summed E-state index contributed by atoms with van der Waals surface area (Å²) in [5.41, 5.74) is 0.876. The van der Waals surface area contributed by atoms with Crippen molar-refractivity contribution in [2.45, 2.75) is 5.60 Å². The van der Waals surface area contributed by atoms with Crippen molar-refractivity contribution in [1.82, 2.24) is 19.9 Å². The maximum absolute atomic E-state index is 13.4. The normalized spacial score (nSPS) is 22.3. The van der Waals surface area contributed by atoms with Crippen LogP contribution in [-0.2, 0) is 9.47 Å². The molecule has 1 spiro atoms. The lowest BCUT2D eigenvalue weighted by Crippen LogP contribution is -2.60. The molecule has 2 aromatic heterocycles. The van der Waals surface area contributed by atoms with E-state index in [4.69, 9.17) is 9.47 Å². The van der Waals surface area contributed by atoms with Crippen LogP contribution >= 0.6 is 0 Å². The van der Waals surface area contributed by atoms with Gasteiger partial charge in [-0.2, -0.15) is 0 Å². The van der Waals surface area contributed by atoms with Gasteiger partial charge in [-0.15, -0.1) is 0 Å². The molecule has 4 heterocycles. The second kappa shape index (κ2) is 7.97. The number of aromatic nitrogens is 3. The Hall–Kier alpha value is -3.10. The van der Waals surface area contributed by atoms with Crippen molar-refractivity contribution >= 4 is 22.6 Å². The average molecular weight is 405 g/mol. The van der Waals surface area contributed by atoms with Crippen molar-refractivity contribution in [3.63, 3.8) is 0 Å². The summed E-state index contributed by atoms with van der Waals surface area (Å²) in [5.74, 6) is 0.779. The van der Waals surface area contributed by atoms with E-state index in [0.29, 0.717) is 51.6 Å². The highest BCUT2D eigenvalue weighted by Crippen LogP contribution is 2.27. The molecular weight excluding hydrogens is 382 g/mol.